The van der Waals surface area contributed by atoms with E-state index in [4.69, 9.17) is 5.11 Å². The van der Waals surface area contributed by atoms with Gasteiger partial charge in [0.2, 0.25) is 10.0 Å². The Balaban J connectivity index is 2.94. The Kier molecular flexibility index (Phi) is 6.35. The van der Waals surface area contributed by atoms with E-state index in [-0.39, 0.29) is 17.5 Å². The fraction of sp³-hybridized carbons (Fsp3) is 0.692. The molecule has 0 aliphatic carbocycles. The molecule has 0 amide bonds. The van der Waals surface area contributed by atoms with Crippen LogP contribution in [0.3, 0.4) is 0 Å². The van der Waals surface area contributed by atoms with Gasteiger partial charge in [-0.25, -0.2) is 8.42 Å². The van der Waals surface area contributed by atoms with E-state index in [1.54, 1.807) is 0 Å². The minimum atomic E-state index is -3.64. The zero-order valence-electron chi connectivity index (χ0n) is 12.7. The minimum absolute atomic E-state index is 0.0361. The van der Waals surface area contributed by atoms with Crippen LogP contribution in [0.1, 0.15) is 40.0 Å². The van der Waals surface area contributed by atoms with E-state index in [1.165, 1.54) is 16.7 Å². The third kappa shape index (κ3) is 4.82. The maximum Gasteiger partial charge on any atom is 0.325 e. The van der Waals surface area contributed by atoms with E-state index in [9.17, 15) is 13.2 Å². The average molecular weight is 317 g/mol. The smallest absolute Gasteiger partial charge is 0.325 e. The van der Waals surface area contributed by atoms with Gasteiger partial charge in [0.1, 0.15) is 11.4 Å². The second kappa shape index (κ2) is 7.56. The maximum atomic E-state index is 12.6. The van der Waals surface area contributed by atoms with Gasteiger partial charge >= 0.3 is 5.97 Å². The van der Waals surface area contributed by atoms with Crippen LogP contribution in [0.2, 0.25) is 0 Å². The molecule has 1 heterocycles. The molecule has 0 aromatic carbocycles. The van der Waals surface area contributed by atoms with Gasteiger partial charge in [0.25, 0.3) is 0 Å². The summed E-state index contributed by atoms with van der Waals surface area (Å²) in [5.41, 5.74) is 0. The van der Waals surface area contributed by atoms with Gasteiger partial charge in [-0.1, -0.05) is 19.8 Å². The van der Waals surface area contributed by atoms with E-state index in [0.29, 0.717) is 6.54 Å². The largest absolute Gasteiger partial charge is 0.480 e. The standard InChI is InChI=1S/C13H23N3O4S/c1-4-5-6-7-16(11(2)3)21(19,20)12-8-14-15(9-12)10-13(17)18/h8-9,11H,4-7,10H2,1-3H3,(H,17,18). The zero-order valence-corrected chi connectivity index (χ0v) is 13.5. The molecule has 1 N–H and O–H groups in total. The number of hydrogen-bond donors (Lipinski definition) is 1. The van der Waals surface area contributed by atoms with Gasteiger partial charge < -0.3 is 5.11 Å². The van der Waals surface area contributed by atoms with Gasteiger partial charge in [0.05, 0.1) is 6.20 Å². The number of aliphatic carboxylic acids is 1. The lowest BCUT2D eigenvalue weighted by Gasteiger charge is -2.25. The van der Waals surface area contributed by atoms with Gasteiger partial charge in [-0.15, -0.1) is 0 Å². The molecule has 0 aliphatic heterocycles. The molecule has 21 heavy (non-hydrogen) atoms. The fourth-order valence-corrected chi connectivity index (χ4v) is 3.64. The quantitative estimate of drug-likeness (QED) is 0.698. The maximum absolute atomic E-state index is 12.6. The normalized spacial score (nSPS) is 12.2. The van der Waals surface area contributed by atoms with Crippen LogP contribution in [0.5, 0.6) is 0 Å². The molecule has 8 heteroatoms. The van der Waals surface area contributed by atoms with E-state index >= 15 is 0 Å². The van der Waals surface area contributed by atoms with Crippen molar-refractivity contribution < 1.29 is 18.3 Å². The predicted molar refractivity (Wildman–Crippen MR) is 78.4 cm³/mol. The Labute approximate surface area is 125 Å². The highest BCUT2D eigenvalue weighted by molar-refractivity contribution is 7.89. The first-order valence-corrected chi connectivity index (χ1v) is 8.49. The Hall–Kier alpha value is -1.41. The monoisotopic (exact) mass is 317 g/mol. The van der Waals surface area contributed by atoms with Gasteiger partial charge in [0, 0.05) is 18.8 Å². The molecule has 0 spiro atoms. The van der Waals surface area contributed by atoms with Crippen LogP contribution in [0.25, 0.3) is 0 Å². The van der Waals surface area contributed by atoms with Gasteiger partial charge in [-0.2, -0.15) is 9.40 Å². The summed E-state index contributed by atoms with van der Waals surface area (Å²) in [6, 6.07) is -0.158. The molecule has 0 bridgehead atoms. The van der Waals surface area contributed by atoms with Crippen LogP contribution in [0.15, 0.2) is 17.3 Å². The number of carboxylic acids is 1. The second-order valence-corrected chi connectivity index (χ2v) is 7.07. The Morgan fingerprint density at radius 2 is 2.10 bits per heavy atom. The minimum Gasteiger partial charge on any atom is -0.480 e. The first kappa shape index (κ1) is 17.6. The summed E-state index contributed by atoms with van der Waals surface area (Å²) in [6.45, 7) is 5.81. The molecule has 0 atom stereocenters. The molecule has 0 saturated heterocycles. The number of carboxylic acid groups (broad SMARTS) is 1. The lowest BCUT2D eigenvalue weighted by atomic mass is 10.2. The van der Waals surface area contributed by atoms with Crippen molar-refractivity contribution in [3.8, 4) is 0 Å². The SMILES string of the molecule is CCCCCN(C(C)C)S(=O)(=O)c1cnn(CC(=O)O)c1. The molecule has 0 unspecified atom stereocenters. The number of rotatable bonds is 9. The molecule has 0 aliphatic rings. The molecule has 0 radical (unpaired) electrons. The molecule has 1 aromatic rings. The average Bonchev–Trinajstić information content (AvgIpc) is 2.82. The molecule has 0 saturated carbocycles. The van der Waals surface area contributed by atoms with Crippen LogP contribution >= 0.6 is 0 Å². The molecular formula is C13H23N3O4S. The summed E-state index contributed by atoms with van der Waals surface area (Å²) in [5, 5.41) is 12.5. The fourth-order valence-electron chi connectivity index (χ4n) is 2.01. The van der Waals surface area contributed by atoms with Crippen LogP contribution in [-0.2, 0) is 21.4 Å². The number of unbranched alkanes of at least 4 members (excludes halogenated alkanes) is 2. The van der Waals surface area contributed by atoms with Crippen molar-refractivity contribution in [1.29, 1.82) is 0 Å². The molecular weight excluding hydrogens is 294 g/mol. The number of sulfonamides is 1. The number of carbonyl (C=O) groups is 1. The van der Waals surface area contributed by atoms with Crippen LogP contribution < -0.4 is 0 Å². The Bertz CT molecular complexity index is 566. The predicted octanol–water partition coefficient (Wildman–Crippen LogP) is 1.56. The molecule has 7 nitrogen and oxygen atoms in total. The number of aromatic nitrogens is 2. The summed E-state index contributed by atoms with van der Waals surface area (Å²) >= 11 is 0. The van der Waals surface area contributed by atoms with Crippen molar-refractivity contribution in [2.75, 3.05) is 6.54 Å². The molecule has 0 fully saturated rings. The van der Waals surface area contributed by atoms with Crippen molar-refractivity contribution in [2.45, 2.75) is 57.5 Å². The Morgan fingerprint density at radius 1 is 1.43 bits per heavy atom. The van der Waals surface area contributed by atoms with E-state index in [0.717, 1.165) is 23.9 Å². The van der Waals surface area contributed by atoms with Crippen molar-refractivity contribution in [3.63, 3.8) is 0 Å². The lowest BCUT2D eigenvalue weighted by Crippen LogP contribution is -2.37. The van der Waals surface area contributed by atoms with Crippen LogP contribution in [-0.4, -0.2) is 46.2 Å². The molecule has 1 aromatic heterocycles. The topological polar surface area (TPSA) is 92.5 Å². The van der Waals surface area contributed by atoms with Gasteiger partial charge in [-0.05, 0) is 20.3 Å². The summed E-state index contributed by atoms with van der Waals surface area (Å²) < 4.78 is 27.7. The highest BCUT2D eigenvalue weighted by Crippen LogP contribution is 2.18. The van der Waals surface area contributed by atoms with E-state index in [1.807, 2.05) is 13.8 Å². The van der Waals surface area contributed by atoms with Gasteiger partial charge in [-0.3, -0.25) is 9.48 Å². The molecule has 120 valence electrons. The third-order valence-corrected chi connectivity index (χ3v) is 5.10. The molecule has 1 rings (SSSR count). The first-order chi connectivity index (χ1) is 9.78. The van der Waals surface area contributed by atoms with Crippen molar-refractivity contribution >= 4 is 16.0 Å². The van der Waals surface area contributed by atoms with Gasteiger partial charge in [0.15, 0.2) is 0 Å². The summed E-state index contributed by atoms with van der Waals surface area (Å²) in [7, 11) is -3.64. The summed E-state index contributed by atoms with van der Waals surface area (Å²) in [5.74, 6) is -1.06. The first-order valence-electron chi connectivity index (χ1n) is 7.05. The Morgan fingerprint density at radius 3 is 2.62 bits per heavy atom. The van der Waals surface area contributed by atoms with E-state index in [2.05, 4.69) is 12.0 Å². The second-order valence-electron chi connectivity index (χ2n) is 5.18. The van der Waals surface area contributed by atoms with Crippen molar-refractivity contribution in [3.05, 3.63) is 12.4 Å². The van der Waals surface area contributed by atoms with Crippen LogP contribution in [0.4, 0.5) is 0 Å². The van der Waals surface area contributed by atoms with E-state index < -0.39 is 16.0 Å². The van der Waals surface area contributed by atoms with Crippen molar-refractivity contribution in [2.24, 2.45) is 0 Å². The lowest BCUT2D eigenvalue weighted by molar-refractivity contribution is -0.137. The van der Waals surface area contributed by atoms with Crippen molar-refractivity contribution in [1.82, 2.24) is 14.1 Å². The number of nitrogens with zero attached hydrogens (tertiary/aromatic N) is 3. The highest BCUT2D eigenvalue weighted by atomic mass is 32.2. The number of hydrogen-bond acceptors (Lipinski definition) is 4. The zero-order chi connectivity index (χ0) is 16.0. The third-order valence-electron chi connectivity index (χ3n) is 3.07. The van der Waals surface area contributed by atoms with Crippen LogP contribution in [0, 0.1) is 0 Å². The summed E-state index contributed by atoms with van der Waals surface area (Å²) in [6.07, 6.45) is 5.25. The summed E-state index contributed by atoms with van der Waals surface area (Å²) in [4.78, 5) is 10.7. The highest BCUT2D eigenvalue weighted by Gasteiger charge is 2.28.